The van der Waals surface area contributed by atoms with Crippen LogP contribution in [0.15, 0.2) is 34.1 Å². The molecular weight excluding hydrogens is 324 g/mol. The predicted octanol–water partition coefficient (Wildman–Crippen LogP) is 4.00. The lowest BCUT2D eigenvalue weighted by molar-refractivity contribution is 0.103. The number of nitrogen functional groups attached to an aromatic ring is 1. The van der Waals surface area contributed by atoms with Crippen LogP contribution >= 0.6 is 38.9 Å². The second-order valence-electron chi connectivity index (χ2n) is 3.30. The normalized spacial score (nSPS) is 10.2. The van der Waals surface area contributed by atoms with Crippen molar-refractivity contribution < 1.29 is 4.79 Å². The Kier molecular flexibility index (Phi) is 3.71. The summed E-state index contributed by atoms with van der Waals surface area (Å²) in [6.45, 7) is 0. The van der Waals surface area contributed by atoms with E-state index < -0.39 is 0 Å². The number of anilines is 2. The number of nitrogens with two attached hydrogens (primary N) is 1. The van der Waals surface area contributed by atoms with Gasteiger partial charge in [-0.3, -0.25) is 4.79 Å². The molecule has 0 saturated heterocycles. The number of amides is 1. The fourth-order valence-electron chi connectivity index (χ4n) is 1.25. The van der Waals surface area contributed by atoms with Gasteiger partial charge in [0.1, 0.15) is 0 Å². The molecule has 1 amide bonds. The minimum absolute atomic E-state index is 0.188. The number of hydrogen-bond acceptors (Lipinski definition) is 3. The molecule has 88 valence electrons. The van der Waals surface area contributed by atoms with Gasteiger partial charge in [-0.05, 0) is 46.3 Å². The highest BCUT2D eigenvalue weighted by Gasteiger charge is 2.10. The van der Waals surface area contributed by atoms with E-state index in [-0.39, 0.29) is 5.91 Å². The molecule has 1 aromatic carbocycles. The fraction of sp³-hybridized carbons (Fsp3) is 0. The molecule has 0 fully saturated rings. The van der Waals surface area contributed by atoms with Crippen molar-refractivity contribution in [1.82, 2.24) is 0 Å². The summed E-state index contributed by atoms with van der Waals surface area (Å²) in [7, 11) is 0. The highest BCUT2D eigenvalue weighted by molar-refractivity contribution is 9.11. The van der Waals surface area contributed by atoms with Gasteiger partial charge in [-0.15, -0.1) is 11.3 Å². The van der Waals surface area contributed by atoms with Crippen molar-refractivity contribution in [3.8, 4) is 0 Å². The van der Waals surface area contributed by atoms with Crippen LogP contribution in [0.2, 0.25) is 5.02 Å². The summed E-state index contributed by atoms with van der Waals surface area (Å²) in [4.78, 5) is 12.5. The van der Waals surface area contributed by atoms with Crippen LogP contribution in [0.3, 0.4) is 0 Å². The van der Waals surface area contributed by atoms with Crippen molar-refractivity contribution in [2.24, 2.45) is 0 Å². The molecule has 0 aliphatic heterocycles. The third kappa shape index (κ3) is 3.00. The van der Waals surface area contributed by atoms with E-state index in [1.807, 2.05) is 6.07 Å². The van der Waals surface area contributed by atoms with E-state index in [1.165, 1.54) is 11.3 Å². The van der Waals surface area contributed by atoms with Gasteiger partial charge in [0, 0.05) is 5.69 Å². The Morgan fingerprint density at radius 3 is 2.71 bits per heavy atom. The molecule has 1 heterocycles. The quantitative estimate of drug-likeness (QED) is 0.817. The number of benzene rings is 1. The summed E-state index contributed by atoms with van der Waals surface area (Å²) in [6.07, 6.45) is 0. The molecule has 1 aromatic heterocycles. The number of hydrogen-bond donors (Lipinski definition) is 2. The number of thiophene rings is 1. The zero-order valence-corrected chi connectivity index (χ0v) is 11.7. The van der Waals surface area contributed by atoms with Crippen LogP contribution in [0.1, 0.15) is 9.67 Å². The molecule has 0 atom stereocenters. The highest BCUT2D eigenvalue weighted by Crippen LogP contribution is 2.26. The maximum atomic E-state index is 11.9. The lowest BCUT2D eigenvalue weighted by Gasteiger charge is -2.06. The Morgan fingerprint density at radius 2 is 2.12 bits per heavy atom. The van der Waals surface area contributed by atoms with E-state index in [9.17, 15) is 4.79 Å². The minimum Gasteiger partial charge on any atom is -0.399 e. The first-order chi connectivity index (χ1) is 8.06. The minimum atomic E-state index is -0.188. The lowest BCUT2D eigenvalue weighted by atomic mass is 10.3. The molecule has 3 nitrogen and oxygen atoms in total. The molecule has 17 heavy (non-hydrogen) atoms. The van der Waals surface area contributed by atoms with Crippen LogP contribution < -0.4 is 11.1 Å². The molecule has 0 spiro atoms. The molecule has 0 saturated carbocycles. The maximum Gasteiger partial charge on any atom is 0.265 e. The van der Waals surface area contributed by atoms with Gasteiger partial charge < -0.3 is 11.1 Å². The molecule has 2 rings (SSSR count). The molecule has 6 heteroatoms. The van der Waals surface area contributed by atoms with E-state index in [4.69, 9.17) is 17.3 Å². The molecule has 2 aromatic rings. The van der Waals surface area contributed by atoms with Gasteiger partial charge in [0.2, 0.25) is 0 Å². The summed E-state index contributed by atoms with van der Waals surface area (Å²) in [5.41, 5.74) is 6.68. The van der Waals surface area contributed by atoms with Crippen molar-refractivity contribution in [1.29, 1.82) is 0 Å². The van der Waals surface area contributed by atoms with Crippen molar-refractivity contribution in [2.45, 2.75) is 0 Å². The summed E-state index contributed by atoms with van der Waals surface area (Å²) >= 11 is 10.6. The van der Waals surface area contributed by atoms with Crippen LogP contribution in [0, 0.1) is 0 Å². The number of halogens is 2. The first-order valence-electron chi connectivity index (χ1n) is 4.68. The van der Waals surface area contributed by atoms with E-state index in [0.717, 1.165) is 3.79 Å². The Hall–Kier alpha value is -1.04. The van der Waals surface area contributed by atoms with Crippen LogP contribution in [-0.2, 0) is 0 Å². The monoisotopic (exact) mass is 330 g/mol. The molecule has 0 aliphatic rings. The molecule has 0 bridgehead atoms. The van der Waals surface area contributed by atoms with E-state index in [2.05, 4.69) is 21.2 Å². The predicted molar refractivity (Wildman–Crippen MR) is 75.8 cm³/mol. The van der Waals surface area contributed by atoms with Gasteiger partial charge in [0.25, 0.3) is 5.91 Å². The van der Waals surface area contributed by atoms with Crippen molar-refractivity contribution in [3.63, 3.8) is 0 Å². The van der Waals surface area contributed by atoms with E-state index in [0.29, 0.717) is 21.3 Å². The van der Waals surface area contributed by atoms with Crippen LogP contribution in [0.4, 0.5) is 11.4 Å². The Morgan fingerprint density at radius 1 is 1.35 bits per heavy atom. The zero-order valence-electron chi connectivity index (χ0n) is 8.54. The van der Waals surface area contributed by atoms with Crippen LogP contribution in [-0.4, -0.2) is 5.91 Å². The number of nitrogens with one attached hydrogen (secondary N) is 1. The number of carbonyl (C=O) groups excluding carboxylic acids is 1. The van der Waals surface area contributed by atoms with Crippen LogP contribution in [0.25, 0.3) is 0 Å². The van der Waals surface area contributed by atoms with Gasteiger partial charge >= 0.3 is 0 Å². The Balaban J connectivity index is 2.18. The van der Waals surface area contributed by atoms with Gasteiger partial charge in [-0.1, -0.05) is 11.6 Å². The van der Waals surface area contributed by atoms with Gasteiger partial charge in [0.05, 0.1) is 19.4 Å². The van der Waals surface area contributed by atoms with Gasteiger partial charge in [0.15, 0.2) is 0 Å². The number of carbonyl (C=O) groups is 1. The Bertz CT molecular complexity index is 570. The zero-order chi connectivity index (χ0) is 12.4. The molecule has 0 unspecified atom stereocenters. The molecule has 0 radical (unpaired) electrons. The SMILES string of the molecule is Nc1ccc(NC(=O)c2ccc(Br)s2)c(Cl)c1. The third-order valence-electron chi connectivity index (χ3n) is 2.04. The largest absolute Gasteiger partial charge is 0.399 e. The number of rotatable bonds is 2. The average molecular weight is 332 g/mol. The summed E-state index contributed by atoms with van der Waals surface area (Å²) < 4.78 is 0.908. The van der Waals surface area contributed by atoms with Gasteiger partial charge in [-0.25, -0.2) is 0 Å². The standard InChI is InChI=1S/C11H8BrClN2OS/c12-10-4-3-9(17-10)11(16)15-8-2-1-6(14)5-7(8)13/h1-5H,14H2,(H,15,16). The topological polar surface area (TPSA) is 55.1 Å². The average Bonchev–Trinajstić information content (AvgIpc) is 2.69. The second-order valence-corrected chi connectivity index (χ2v) is 6.17. The maximum absolute atomic E-state index is 11.9. The molecule has 0 aliphatic carbocycles. The van der Waals surface area contributed by atoms with E-state index in [1.54, 1.807) is 24.3 Å². The van der Waals surface area contributed by atoms with Crippen LogP contribution in [0.5, 0.6) is 0 Å². The van der Waals surface area contributed by atoms with E-state index >= 15 is 0 Å². The highest BCUT2D eigenvalue weighted by atomic mass is 79.9. The summed E-state index contributed by atoms with van der Waals surface area (Å²) in [6, 6.07) is 8.53. The molecular formula is C11H8BrClN2OS. The van der Waals surface area contributed by atoms with Crippen molar-refractivity contribution in [3.05, 3.63) is 44.0 Å². The molecule has 3 N–H and O–H groups in total. The van der Waals surface area contributed by atoms with Crippen molar-refractivity contribution >= 4 is 56.1 Å². The fourth-order valence-corrected chi connectivity index (χ4v) is 2.77. The Labute approximate surface area is 116 Å². The third-order valence-corrected chi connectivity index (χ3v) is 3.97. The summed E-state index contributed by atoms with van der Waals surface area (Å²) in [5, 5.41) is 3.16. The first-order valence-corrected chi connectivity index (χ1v) is 6.67. The van der Waals surface area contributed by atoms with Crippen molar-refractivity contribution in [2.75, 3.05) is 11.1 Å². The lowest BCUT2D eigenvalue weighted by Crippen LogP contribution is -2.10. The first kappa shape index (κ1) is 12.4. The van der Waals surface area contributed by atoms with Gasteiger partial charge in [-0.2, -0.15) is 0 Å². The smallest absolute Gasteiger partial charge is 0.265 e. The summed E-state index contributed by atoms with van der Waals surface area (Å²) in [5.74, 6) is -0.188. The second kappa shape index (κ2) is 5.08.